The number of pyridine rings is 1. The van der Waals surface area contributed by atoms with Crippen LogP contribution < -0.4 is 0 Å². The van der Waals surface area contributed by atoms with Gasteiger partial charge < -0.3 is 9.67 Å². The van der Waals surface area contributed by atoms with Crippen LogP contribution in [-0.2, 0) is 6.54 Å². The van der Waals surface area contributed by atoms with E-state index in [4.69, 9.17) is 5.11 Å². The second-order valence-corrected chi connectivity index (χ2v) is 4.47. The van der Waals surface area contributed by atoms with Gasteiger partial charge in [-0.1, -0.05) is 6.07 Å². The van der Waals surface area contributed by atoms with E-state index in [9.17, 15) is 9.18 Å². The normalized spacial score (nSPS) is 10.8. The van der Waals surface area contributed by atoms with Crippen LogP contribution in [0, 0.1) is 5.82 Å². The van der Waals surface area contributed by atoms with E-state index in [-0.39, 0.29) is 11.5 Å². The van der Waals surface area contributed by atoms with Gasteiger partial charge in [0.25, 0.3) is 0 Å². The highest BCUT2D eigenvalue weighted by molar-refractivity contribution is 5.85. The smallest absolute Gasteiger partial charge is 0.354 e. The quantitative estimate of drug-likeness (QED) is 0.796. The number of carbonyl (C=O) groups is 1. The first-order valence-corrected chi connectivity index (χ1v) is 6.07. The lowest BCUT2D eigenvalue weighted by Crippen LogP contribution is -2.05. The molecule has 0 atom stereocenters. The lowest BCUT2D eigenvalue weighted by Gasteiger charge is -2.06. The molecule has 0 aliphatic rings. The van der Waals surface area contributed by atoms with Crippen LogP contribution >= 0.6 is 0 Å². The van der Waals surface area contributed by atoms with Crippen molar-refractivity contribution in [2.75, 3.05) is 0 Å². The zero-order chi connectivity index (χ0) is 14.1. The Kier molecular flexibility index (Phi) is 2.95. The molecule has 0 amide bonds. The molecule has 0 bridgehead atoms. The maximum atomic E-state index is 13.1. The monoisotopic (exact) mass is 270 g/mol. The maximum Gasteiger partial charge on any atom is 0.354 e. The fourth-order valence-corrected chi connectivity index (χ4v) is 2.17. The van der Waals surface area contributed by atoms with E-state index in [1.54, 1.807) is 18.2 Å². The first-order chi connectivity index (χ1) is 9.63. The van der Waals surface area contributed by atoms with Crippen molar-refractivity contribution in [1.29, 1.82) is 0 Å². The number of nitrogens with zero attached hydrogens (tertiary/aromatic N) is 2. The molecule has 5 heteroatoms. The second kappa shape index (κ2) is 4.77. The number of rotatable bonds is 3. The summed E-state index contributed by atoms with van der Waals surface area (Å²) in [5.41, 5.74) is 1.55. The van der Waals surface area contributed by atoms with Crippen molar-refractivity contribution < 1.29 is 14.3 Å². The third-order valence-corrected chi connectivity index (χ3v) is 3.09. The first kappa shape index (κ1) is 12.3. The number of hydrogen-bond acceptors (Lipinski definition) is 2. The van der Waals surface area contributed by atoms with Gasteiger partial charge in [-0.25, -0.2) is 14.2 Å². The van der Waals surface area contributed by atoms with Crippen molar-refractivity contribution in [3.05, 3.63) is 65.9 Å². The van der Waals surface area contributed by atoms with Gasteiger partial charge in [-0.3, -0.25) is 0 Å². The lowest BCUT2D eigenvalue weighted by atomic mass is 10.2. The highest BCUT2D eigenvalue weighted by Gasteiger charge is 2.07. The molecule has 20 heavy (non-hydrogen) atoms. The van der Waals surface area contributed by atoms with Gasteiger partial charge in [-0.2, -0.15) is 0 Å². The van der Waals surface area contributed by atoms with E-state index in [2.05, 4.69) is 4.98 Å². The fraction of sp³-hybridized carbons (Fsp3) is 0.0667. The van der Waals surface area contributed by atoms with Crippen LogP contribution in [0.4, 0.5) is 4.39 Å². The van der Waals surface area contributed by atoms with Crippen LogP contribution in [0.3, 0.4) is 0 Å². The third-order valence-electron chi connectivity index (χ3n) is 3.09. The lowest BCUT2D eigenvalue weighted by molar-refractivity contribution is 0.0690. The highest BCUT2D eigenvalue weighted by atomic mass is 19.1. The number of carboxylic acid groups (broad SMARTS) is 1. The molecule has 3 rings (SSSR count). The van der Waals surface area contributed by atoms with Crippen molar-refractivity contribution in [2.45, 2.75) is 6.54 Å². The van der Waals surface area contributed by atoms with E-state index in [0.29, 0.717) is 12.2 Å². The van der Waals surface area contributed by atoms with Crippen molar-refractivity contribution in [3.8, 4) is 0 Å². The Bertz CT molecular complexity index is 795. The van der Waals surface area contributed by atoms with Crippen molar-refractivity contribution in [1.82, 2.24) is 9.55 Å². The van der Waals surface area contributed by atoms with Crippen LogP contribution in [0.25, 0.3) is 10.9 Å². The number of carboxylic acids is 1. The molecule has 0 spiro atoms. The first-order valence-electron chi connectivity index (χ1n) is 6.07. The Labute approximate surface area is 114 Å². The molecule has 100 valence electrons. The van der Waals surface area contributed by atoms with Crippen LogP contribution in [0.1, 0.15) is 16.2 Å². The van der Waals surface area contributed by atoms with Crippen LogP contribution in [0.5, 0.6) is 0 Å². The number of benzene rings is 1. The highest BCUT2D eigenvalue weighted by Crippen LogP contribution is 2.18. The number of halogens is 1. The molecule has 3 aromatic rings. The van der Waals surface area contributed by atoms with E-state index in [1.165, 1.54) is 18.2 Å². The van der Waals surface area contributed by atoms with Gasteiger partial charge in [0.15, 0.2) is 0 Å². The molecule has 0 saturated carbocycles. The predicted molar refractivity (Wildman–Crippen MR) is 72.2 cm³/mol. The Hall–Kier alpha value is -2.69. The fourth-order valence-electron chi connectivity index (χ4n) is 2.17. The molecule has 0 radical (unpaired) electrons. The van der Waals surface area contributed by atoms with Crippen molar-refractivity contribution in [2.24, 2.45) is 0 Å². The van der Waals surface area contributed by atoms with Crippen molar-refractivity contribution >= 4 is 16.9 Å². The molecule has 0 saturated heterocycles. The maximum absolute atomic E-state index is 13.1. The van der Waals surface area contributed by atoms with Crippen LogP contribution in [0.15, 0.2) is 48.7 Å². The third kappa shape index (κ3) is 2.25. The summed E-state index contributed by atoms with van der Waals surface area (Å²) in [6.07, 6.45) is 1.83. The standard InChI is InChI=1S/C15H11FN2O2/c16-11-4-5-14-10(8-11)6-7-18(14)9-12-2-1-3-13(17-12)15(19)20/h1-8H,9H2,(H,19,20). The molecule has 1 aromatic carbocycles. The largest absolute Gasteiger partial charge is 0.477 e. The molecule has 0 unspecified atom stereocenters. The number of aromatic nitrogens is 2. The summed E-state index contributed by atoms with van der Waals surface area (Å²) in [5, 5.41) is 9.73. The molecule has 0 fully saturated rings. The van der Waals surface area contributed by atoms with E-state index in [1.807, 2.05) is 16.8 Å². The predicted octanol–water partition coefficient (Wildman–Crippen LogP) is 2.92. The molecule has 4 nitrogen and oxygen atoms in total. The van der Waals surface area contributed by atoms with Gasteiger partial charge >= 0.3 is 5.97 Å². The van der Waals surface area contributed by atoms with Gasteiger partial charge in [0.1, 0.15) is 11.5 Å². The zero-order valence-electron chi connectivity index (χ0n) is 10.5. The van der Waals surface area contributed by atoms with Gasteiger partial charge in [-0.15, -0.1) is 0 Å². The molecule has 2 aromatic heterocycles. The van der Waals surface area contributed by atoms with E-state index in [0.717, 1.165) is 10.9 Å². The summed E-state index contributed by atoms with van der Waals surface area (Å²) in [6, 6.07) is 11.3. The van der Waals surface area contributed by atoms with Crippen LogP contribution in [0.2, 0.25) is 0 Å². The number of aromatic carboxylic acids is 1. The minimum atomic E-state index is -1.05. The molecule has 2 heterocycles. The summed E-state index contributed by atoms with van der Waals surface area (Å²) in [4.78, 5) is 15.0. The topological polar surface area (TPSA) is 55.1 Å². The van der Waals surface area contributed by atoms with Gasteiger partial charge in [0.05, 0.1) is 12.2 Å². The molecule has 0 aliphatic carbocycles. The van der Waals surface area contributed by atoms with E-state index < -0.39 is 5.97 Å². The summed E-state index contributed by atoms with van der Waals surface area (Å²) in [6.45, 7) is 0.441. The van der Waals surface area contributed by atoms with Gasteiger partial charge in [0, 0.05) is 17.1 Å². The minimum Gasteiger partial charge on any atom is -0.477 e. The SMILES string of the molecule is O=C(O)c1cccc(Cn2ccc3cc(F)ccc32)n1. The summed E-state index contributed by atoms with van der Waals surface area (Å²) in [7, 11) is 0. The Morgan fingerprint density at radius 3 is 2.90 bits per heavy atom. The molecular formula is C15H11FN2O2. The minimum absolute atomic E-state index is 0.0185. The number of hydrogen-bond donors (Lipinski definition) is 1. The average Bonchev–Trinajstić information content (AvgIpc) is 2.81. The zero-order valence-corrected chi connectivity index (χ0v) is 10.5. The molecular weight excluding hydrogens is 259 g/mol. The second-order valence-electron chi connectivity index (χ2n) is 4.47. The number of fused-ring (bicyclic) bond motifs is 1. The van der Waals surface area contributed by atoms with Crippen molar-refractivity contribution in [3.63, 3.8) is 0 Å². The Morgan fingerprint density at radius 2 is 2.10 bits per heavy atom. The molecule has 0 aliphatic heterocycles. The van der Waals surface area contributed by atoms with Gasteiger partial charge in [-0.05, 0) is 36.4 Å². The summed E-state index contributed by atoms with van der Waals surface area (Å²) in [5.74, 6) is -1.33. The van der Waals surface area contributed by atoms with Crippen LogP contribution in [-0.4, -0.2) is 20.6 Å². The van der Waals surface area contributed by atoms with Gasteiger partial charge in [0.2, 0.25) is 0 Å². The summed E-state index contributed by atoms with van der Waals surface area (Å²) < 4.78 is 15.0. The Balaban J connectivity index is 1.97. The Morgan fingerprint density at radius 1 is 1.25 bits per heavy atom. The van der Waals surface area contributed by atoms with E-state index >= 15 is 0 Å². The average molecular weight is 270 g/mol. The summed E-state index contributed by atoms with van der Waals surface area (Å²) >= 11 is 0. The molecule has 1 N–H and O–H groups in total.